The number of pyridine rings is 2. The van der Waals surface area contributed by atoms with Crippen LogP contribution in [0.1, 0.15) is 76.9 Å². The molecule has 5 aromatic rings. The molecule has 2 saturated carbocycles. The molecule has 1 unspecified atom stereocenters. The average Bonchev–Trinajstić information content (AvgIpc) is 3.59. The van der Waals surface area contributed by atoms with Crippen molar-refractivity contribution in [1.29, 1.82) is 0 Å². The van der Waals surface area contributed by atoms with E-state index in [1.807, 2.05) is 30.5 Å². The Hall–Kier alpha value is -4.30. The van der Waals surface area contributed by atoms with Crippen molar-refractivity contribution >= 4 is 28.6 Å². The highest BCUT2D eigenvalue weighted by molar-refractivity contribution is 6.30. The van der Waals surface area contributed by atoms with Crippen LogP contribution in [0.3, 0.4) is 0 Å². The second-order valence-electron chi connectivity index (χ2n) is 11.7. The molecule has 0 radical (unpaired) electrons. The van der Waals surface area contributed by atoms with Crippen LogP contribution in [0.2, 0.25) is 5.02 Å². The lowest BCUT2D eigenvalue weighted by atomic mass is 9.77. The van der Waals surface area contributed by atoms with E-state index >= 15 is 0 Å². The van der Waals surface area contributed by atoms with Gasteiger partial charge < -0.3 is 14.4 Å². The molecular formula is C34H30ClFN4O3. The smallest absolute Gasteiger partial charge is 0.335 e. The number of carboxylic acid groups (broad SMARTS) is 1. The zero-order valence-corrected chi connectivity index (χ0v) is 24.2. The quantitative estimate of drug-likeness (QED) is 0.197. The number of imidazole rings is 1. The minimum Gasteiger partial charge on any atom is -0.478 e. The topological polar surface area (TPSA) is 90.1 Å². The predicted octanol–water partition coefficient (Wildman–Crippen LogP) is 7.78. The van der Waals surface area contributed by atoms with Crippen molar-refractivity contribution in [2.24, 2.45) is 5.41 Å². The third-order valence-corrected chi connectivity index (χ3v) is 9.36. The van der Waals surface area contributed by atoms with E-state index in [0.29, 0.717) is 34.8 Å². The molecule has 2 aliphatic carbocycles. The monoisotopic (exact) mass is 596 g/mol. The van der Waals surface area contributed by atoms with Crippen molar-refractivity contribution in [3.63, 3.8) is 0 Å². The number of benzene rings is 2. The SMILES string of the molecule is O=C(O)c1ccc2nc(C3CC34CCC(c3cccc(OCc5ccc(Cl)cc5F)n3)CC4)n(Cc3cccnc3)c2c1. The second-order valence-corrected chi connectivity index (χ2v) is 12.2. The average molecular weight is 597 g/mol. The third-order valence-electron chi connectivity index (χ3n) is 9.12. The summed E-state index contributed by atoms with van der Waals surface area (Å²) in [6, 6.07) is 19.5. The van der Waals surface area contributed by atoms with Crippen molar-refractivity contribution in [3.8, 4) is 5.88 Å². The maximum Gasteiger partial charge on any atom is 0.335 e. The minimum atomic E-state index is -0.945. The Balaban J connectivity index is 1.07. The summed E-state index contributed by atoms with van der Waals surface area (Å²) in [5.74, 6) is 0.831. The summed E-state index contributed by atoms with van der Waals surface area (Å²) in [4.78, 5) is 25.8. The number of nitrogens with zero attached hydrogens (tertiary/aromatic N) is 4. The van der Waals surface area contributed by atoms with Gasteiger partial charge in [0.05, 0.1) is 23.1 Å². The first-order valence-electron chi connectivity index (χ1n) is 14.5. The summed E-state index contributed by atoms with van der Waals surface area (Å²) >= 11 is 5.86. The van der Waals surface area contributed by atoms with Crippen LogP contribution in [0.4, 0.5) is 4.39 Å². The fourth-order valence-electron chi connectivity index (χ4n) is 6.66. The van der Waals surface area contributed by atoms with Crippen molar-refractivity contribution in [2.45, 2.75) is 57.1 Å². The summed E-state index contributed by atoms with van der Waals surface area (Å²) < 4.78 is 22.2. The van der Waals surface area contributed by atoms with E-state index in [0.717, 1.165) is 60.2 Å². The molecule has 0 aliphatic heterocycles. The van der Waals surface area contributed by atoms with Crippen LogP contribution in [-0.2, 0) is 13.2 Å². The Labute approximate surface area is 253 Å². The van der Waals surface area contributed by atoms with Crippen LogP contribution in [0, 0.1) is 11.2 Å². The van der Waals surface area contributed by atoms with E-state index in [4.69, 9.17) is 26.3 Å². The van der Waals surface area contributed by atoms with Gasteiger partial charge in [0, 0.05) is 46.6 Å². The van der Waals surface area contributed by atoms with Crippen LogP contribution < -0.4 is 4.74 Å². The van der Waals surface area contributed by atoms with E-state index in [9.17, 15) is 14.3 Å². The molecule has 0 saturated heterocycles. The van der Waals surface area contributed by atoms with Gasteiger partial charge in [0.15, 0.2) is 0 Å². The van der Waals surface area contributed by atoms with Crippen molar-refractivity contribution in [1.82, 2.24) is 19.5 Å². The molecule has 0 bridgehead atoms. The molecule has 218 valence electrons. The fraction of sp³-hybridized carbons (Fsp3) is 0.294. The fourth-order valence-corrected chi connectivity index (χ4v) is 6.82. The first-order chi connectivity index (χ1) is 20.9. The number of aromatic nitrogens is 4. The molecule has 1 atom stereocenters. The van der Waals surface area contributed by atoms with Crippen LogP contribution in [0.15, 0.2) is 79.1 Å². The van der Waals surface area contributed by atoms with Gasteiger partial charge in [0.1, 0.15) is 18.2 Å². The molecule has 3 heterocycles. The lowest BCUT2D eigenvalue weighted by molar-refractivity contribution is 0.0697. The molecule has 7 rings (SSSR count). The highest BCUT2D eigenvalue weighted by Gasteiger charge is 2.57. The normalized spacial score (nSPS) is 21.3. The Morgan fingerprint density at radius 2 is 1.93 bits per heavy atom. The van der Waals surface area contributed by atoms with Gasteiger partial charge in [-0.3, -0.25) is 4.98 Å². The first-order valence-corrected chi connectivity index (χ1v) is 14.9. The van der Waals surface area contributed by atoms with Crippen LogP contribution >= 0.6 is 11.6 Å². The number of hydrogen-bond donors (Lipinski definition) is 1. The summed E-state index contributed by atoms with van der Waals surface area (Å²) in [5.41, 5.74) is 4.60. The molecule has 3 aromatic heterocycles. The molecular weight excluding hydrogens is 567 g/mol. The molecule has 2 aliphatic rings. The van der Waals surface area contributed by atoms with Gasteiger partial charge in [-0.25, -0.2) is 19.2 Å². The zero-order valence-electron chi connectivity index (χ0n) is 23.4. The van der Waals surface area contributed by atoms with Gasteiger partial charge in [0.2, 0.25) is 5.88 Å². The Kier molecular flexibility index (Phi) is 7.09. The number of ether oxygens (including phenoxy) is 1. The standard InChI is InChI=1S/C34H30ClFN4O3/c35-25-8-6-24(27(36)16-25)20-43-31-5-1-4-28(38-31)22-10-12-34(13-11-22)17-26(34)32-39-29-9-7-23(33(41)42)15-30(29)40(32)19-21-3-2-14-37-18-21/h1-9,14-16,18,22,26H,10-13,17,19-20H2,(H,41,42). The van der Waals surface area contributed by atoms with Gasteiger partial charge >= 0.3 is 5.97 Å². The molecule has 0 amide bonds. The molecule has 1 N–H and O–H groups in total. The number of fused-ring (bicyclic) bond motifs is 1. The van der Waals surface area contributed by atoms with E-state index in [2.05, 4.69) is 15.6 Å². The molecule has 1 spiro atoms. The zero-order chi connectivity index (χ0) is 29.6. The first kappa shape index (κ1) is 27.5. The highest BCUT2D eigenvalue weighted by Crippen LogP contribution is 2.67. The summed E-state index contributed by atoms with van der Waals surface area (Å²) in [6.07, 6.45) is 8.86. The number of hydrogen-bond acceptors (Lipinski definition) is 5. The van der Waals surface area contributed by atoms with Crippen molar-refractivity contribution < 1.29 is 19.0 Å². The number of carboxylic acids is 1. The van der Waals surface area contributed by atoms with Gasteiger partial charge in [-0.05, 0) is 85.5 Å². The highest BCUT2D eigenvalue weighted by atomic mass is 35.5. The van der Waals surface area contributed by atoms with E-state index in [1.165, 1.54) is 6.07 Å². The lowest BCUT2D eigenvalue weighted by Crippen LogP contribution is -2.18. The number of rotatable bonds is 8. The molecule has 7 nitrogen and oxygen atoms in total. The van der Waals surface area contributed by atoms with Gasteiger partial charge in [-0.1, -0.05) is 29.8 Å². The van der Waals surface area contributed by atoms with Gasteiger partial charge in [0.25, 0.3) is 0 Å². The predicted molar refractivity (Wildman–Crippen MR) is 161 cm³/mol. The second kappa shape index (κ2) is 11.1. The van der Waals surface area contributed by atoms with Crippen molar-refractivity contribution in [3.05, 3.63) is 118 Å². The van der Waals surface area contributed by atoms with Crippen molar-refractivity contribution in [2.75, 3.05) is 0 Å². The summed E-state index contributed by atoms with van der Waals surface area (Å²) in [7, 11) is 0. The summed E-state index contributed by atoms with van der Waals surface area (Å²) in [5, 5.41) is 9.97. The maximum absolute atomic E-state index is 14.2. The molecule has 2 aromatic carbocycles. The number of carbonyl (C=O) groups is 1. The third kappa shape index (κ3) is 5.47. The Morgan fingerprint density at radius 3 is 2.70 bits per heavy atom. The van der Waals surface area contributed by atoms with Gasteiger partial charge in [-0.2, -0.15) is 0 Å². The number of aromatic carboxylic acids is 1. The van der Waals surface area contributed by atoms with Crippen LogP contribution in [0.25, 0.3) is 11.0 Å². The molecule has 2 fully saturated rings. The van der Waals surface area contributed by atoms with Crippen LogP contribution in [0.5, 0.6) is 5.88 Å². The van der Waals surface area contributed by atoms with Gasteiger partial charge in [-0.15, -0.1) is 0 Å². The summed E-state index contributed by atoms with van der Waals surface area (Å²) in [6.45, 7) is 0.678. The Bertz CT molecular complexity index is 1820. The minimum absolute atomic E-state index is 0.0862. The lowest BCUT2D eigenvalue weighted by Gasteiger charge is -2.29. The maximum atomic E-state index is 14.2. The number of halogens is 2. The Morgan fingerprint density at radius 1 is 1.07 bits per heavy atom. The largest absolute Gasteiger partial charge is 0.478 e. The van der Waals surface area contributed by atoms with E-state index in [-0.39, 0.29) is 17.6 Å². The molecule has 43 heavy (non-hydrogen) atoms. The van der Waals surface area contributed by atoms with Crippen LogP contribution in [-0.4, -0.2) is 30.6 Å². The molecule has 9 heteroatoms. The van der Waals surface area contributed by atoms with E-state index in [1.54, 1.807) is 36.5 Å². The van der Waals surface area contributed by atoms with E-state index < -0.39 is 11.8 Å².